The van der Waals surface area contributed by atoms with Crippen LogP contribution in [-0.2, 0) is 9.53 Å². The predicted octanol–water partition coefficient (Wildman–Crippen LogP) is 8.17. The Bertz CT molecular complexity index is 463. The van der Waals surface area contributed by atoms with Crippen LogP contribution in [0.1, 0.15) is 117 Å². The minimum absolute atomic E-state index is 0.0185. The van der Waals surface area contributed by atoms with Crippen LogP contribution in [0.3, 0.4) is 0 Å². The molecule has 0 saturated heterocycles. The van der Waals surface area contributed by atoms with Crippen LogP contribution in [0.2, 0.25) is 0 Å². The molecule has 0 N–H and O–H groups in total. The standard InChI is InChI=1S/C26H46O2/c1-5-6-7-8-9-10-11-12-13-14-15-16-23(4)26(27)28-21-24-17-19-25(20-18-24)22(2)3/h17,23,25H,2,5-16,18-21H2,1,3-4H3/t23?,25-/m1/s1. The molecule has 28 heavy (non-hydrogen) atoms. The third-order valence-corrected chi connectivity index (χ3v) is 6.24. The summed E-state index contributed by atoms with van der Waals surface area (Å²) in [4.78, 5) is 12.2. The summed E-state index contributed by atoms with van der Waals surface area (Å²) in [6, 6.07) is 0. The minimum Gasteiger partial charge on any atom is -0.461 e. The average molecular weight is 391 g/mol. The summed E-state index contributed by atoms with van der Waals surface area (Å²) in [6.45, 7) is 10.9. The molecule has 0 aliphatic heterocycles. The Morgan fingerprint density at radius 1 is 1.07 bits per heavy atom. The topological polar surface area (TPSA) is 26.3 Å². The Morgan fingerprint density at radius 3 is 2.14 bits per heavy atom. The monoisotopic (exact) mass is 390 g/mol. The van der Waals surface area contributed by atoms with E-state index in [-0.39, 0.29) is 11.9 Å². The number of esters is 1. The van der Waals surface area contributed by atoms with Gasteiger partial charge in [-0.3, -0.25) is 4.79 Å². The molecule has 0 saturated carbocycles. The fourth-order valence-electron chi connectivity index (χ4n) is 4.01. The Labute approximate surface area is 175 Å². The molecule has 0 spiro atoms. The Morgan fingerprint density at radius 2 is 1.64 bits per heavy atom. The first kappa shape index (κ1) is 25.0. The molecule has 0 aromatic heterocycles. The van der Waals surface area contributed by atoms with Crippen LogP contribution in [0.4, 0.5) is 0 Å². The van der Waals surface area contributed by atoms with E-state index in [9.17, 15) is 4.79 Å². The van der Waals surface area contributed by atoms with E-state index in [0.717, 1.165) is 32.1 Å². The number of hydrogen-bond acceptors (Lipinski definition) is 2. The summed E-state index contributed by atoms with van der Waals surface area (Å²) in [5.41, 5.74) is 2.56. The van der Waals surface area contributed by atoms with E-state index in [0.29, 0.717) is 12.5 Å². The number of carbonyl (C=O) groups is 1. The smallest absolute Gasteiger partial charge is 0.308 e. The van der Waals surface area contributed by atoms with Crippen molar-refractivity contribution in [1.82, 2.24) is 0 Å². The van der Waals surface area contributed by atoms with E-state index in [4.69, 9.17) is 4.74 Å². The first-order chi connectivity index (χ1) is 13.5. The van der Waals surface area contributed by atoms with E-state index in [1.165, 1.54) is 75.4 Å². The number of rotatable bonds is 16. The van der Waals surface area contributed by atoms with Crippen molar-refractivity contribution in [3.05, 3.63) is 23.8 Å². The molecular formula is C26H46O2. The van der Waals surface area contributed by atoms with Gasteiger partial charge in [-0.25, -0.2) is 0 Å². The van der Waals surface area contributed by atoms with Gasteiger partial charge in [0.05, 0.1) is 5.92 Å². The molecular weight excluding hydrogens is 344 g/mol. The largest absolute Gasteiger partial charge is 0.461 e. The van der Waals surface area contributed by atoms with E-state index < -0.39 is 0 Å². The van der Waals surface area contributed by atoms with Crippen molar-refractivity contribution < 1.29 is 9.53 Å². The summed E-state index contributed by atoms with van der Waals surface area (Å²) in [7, 11) is 0. The molecule has 0 aromatic carbocycles. The molecule has 1 aliphatic carbocycles. The second-order valence-electron chi connectivity index (χ2n) is 9.01. The van der Waals surface area contributed by atoms with Crippen LogP contribution >= 0.6 is 0 Å². The van der Waals surface area contributed by atoms with Crippen LogP contribution < -0.4 is 0 Å². The van der Waals surface area contributed by atoms with Gasteiger partial charge in [-0.2, -0.15) is 0 Å². The minimum atomic E-state index is -0.0185. The van der Waals surface area contributed by atoms with Crippen LogP contribution in [-0.4, -0.2) is 12.6 Å². The van der Waals surface area contributed by atoms with Crippen molar-refractivity contribution in [2.75, 3.05) is 6.61 Å². The van der Waals surface area contributed by atoms with Gasteiger partial charge in [-0.1, -0.05) is 103 Å². The zero-order valence-electron chi connectivity index (χ0n) is 19.1. The van der Waals surface area contributed by atoms with Gasteiger partial charge in [0.1, 0.15) is 6.61 Å². The molecule has 0 fully saturated rings. The molecule has 2 atom stereocenters. The summed E-state index contributed by atoms with van der Waals surface area (Å²) >= 11 is 0. The quantitative estimate of drug-likeness (QED) is 0.151. The zero-order chi connectivity index (χ0) is 20.6. The maximum Gasteiger partial charge on any atom is 0.308 e. The Hall–Kier alpha value is -1.05. The number of allylic oxidation sites excluding steroid dienone is 2. The van der Waals surface area contributed by atoms with Gasteiger partial charge in [-0.15, -0.1) is 0 Å². The summed E-state index contributed by atoms with van der Waals surface area (Å²) in [6.07, 6.45) is 21.3. The van der Waals surface area contributed by atoms with Crippen LogP contribution in [0.15, 0.2) is 23.8 Å². The van der Waals surface area contributed by atoms with Gasteiger partial charge in [-0.05, 0) is 44.1 Å². The van der Waals surface area contributed by atoms with Gasteiger partial charge in [0.15, 0.2) is 0 Å². The van der Waals surface area contributed by atoms with Gasteiger partial charge < -0.3 is 4.74 Å². The van der Waals surface area contributed by atoms with Crippen molar-refractivity contribution in [1.29, 1.82) is 0 Å². The molecule has 2 heteroatoms. The first-order valence-corrected chi connectivity index (χ1v) is 12.0. The maximum absolute atomic E-state index is 12.2. The lowest BCUT2D eigenvalue weighted by Gasteiger charge is -2.22. The Kier molecular flexibility index (Phi) is 14.1. The highest BCUT2D eigenvalue weighted by Gasteiger charge is 2.18. The average Bonchev–Trinajstić information content (AvgIpc) is 2.70. The molecule has 0 bridgehead atoms. The lowest BCUT2D eigenvalue weighted by Crippen LogP contribution is -2.17. The van der Waals surface area contributed by atoms with Gasteiger partial charge in [0.25, 0.3) is 0 Å². The number of ether oxygens (including phenoxy) is 1. The van der Waals surface area contributed by atoms with E-state index in [2.05, 4.69) is 26.5 Å². The fourth-order valence-corrected chi connectivity index (χ4v) is 4.01. The molecule has 0 radical (unpaired) electrons. The molecule has 162 valence electrons. The van der Waals surface area contributed by atoms with Gasteiger partial charge >= 0.3 is 5.97 Å². The van der Waals surface area contributed by atoms with Crippen molar-refractivity contribution in [2.45, 2.75) is 117 Å². The van der Waals surface area contributed by atoms with E-state index >= 15 is 0 Å². The lowest BCUT2D eigenvalue weighted by atomic mass is 9.86. The molecule has 0 heterocycles. The number of unbranched alkanes of at least 4 members (excludes halogenated alkanes) is 10. The first-order valence-electron chi connectivity index (χ1n) is 12.0. The lowest BCUT2D eigenvalue weighted by molar-refractivity contribution is -0.147. The summed E-state index contributed by atoms with van der Waals surface area (Å²) < 4.78 is 5.56. The molecule has 2 nitrogen and oxygen atoms in total. The number of hydrogen-bond donors (Lipinski definition) is 0. The predicted molar refractivity (Wildman–Crippen MR) is 121 cm³/mol. The Balaban J connectivity index is 1.98. The van der Waals surface area contributed by atoms with Crippen molar-refractivity contribution >= 4 is 5.97 Å². The van der Waals surface area contributed by atoms with Gasteiger partial charge in [0, 0.05) is 0 Å². The SMILES string of the molecule is C=C(C)[C@@H]1CC=C(COC(=O)C(C)CCCCCCCCCCCCC)CC1. The van der Waals surface area contributed by atoms with Crippen LogP contribution in [0, 0.1) is 11.8 Å². The normalized spacial score (nSPS) is 17.8. The second kappa shape index (κ2) is 15.8. The second-order valence-corrected chi connectivity index (χ2v) is 9.01. The van der Waals surface area contributed by atoms with Crippen LogP contribution in [0.25, 0.3) is 0 Å². The van der Waals surface area contributed by atoms with Crippen molar-refractivity contribution in [3.63, 3.8) is 0 Å². The van der Waals surface area contributed by atoms with Gasteiger partial charge in [0.2, 0.25) is 0 Å². The fraction of sp³-hybridized carbons (Fsp3) is 0.808. The molecule has 0 amide bonds. The third kappa shape index (κ3) is 11.7. The molecule has 1 unspecified atom stereocenters. The van der Waals surface area contributed by atoms with Crippen LogP contribution in [0.5, 0.6) is 0 Å². The third-order valence-electron chi connectivity index (χ3n) is 6.24. The molecule has 0 aromatic rings. The highest BCUT2D eigenvalue weighted by molar-refractivity contribution is 5.72. The summed E-state index contributed by atoms with van der Waals surface area (Å²) in [5.74, 6) is 0.625. The zero-order valence-corrected chi connectivity index (χ0v) is 19.1. The number of carbonyl (C=O) groups excluding carboxylic acids is 1. The summed E-state index contributed by atoms with van der Waals surface area (Å²) in [5, 5.41) is 0. The highest BCUT2D eigenvalue weighted by atomic mass is 16.5. The maximum atomic E-state index is 12.2. The van der Waals surface area contributed by atoms with Crippen molar-refractivity contribution in [3.8, 4) is 0 Å². The molecule has 1 rings (SSSR count). The molecule has 1 aliphatic rings. The van der Waals surface area contributed by atoms with E-state index in [1.54, 1.807) is 0 Å². The van der Waals surface area contributed by atoms with Crippen molar-refractivity contribution in [2.24, 2.45) is 11.8 Å². The highest BCUT2D eigenvalue weighted by Crippen LogP contribution is 2.28. The van der Waals surface area contributed by atoms with E-state index in [1.807, 2.05) is 6.92 Å².